The molecule has 0 saturated heterocycles. The first-order valence-corrected chi connectivity index (χ1v) is 12.9. The van der Waals surface area contributed by atoms with E-state index in [4.69, 9.17) is 11.6 Å². The number of carbonyl (C=O) groups excluding carboxylic acids is 1. The van der Waals surface area contributed by atoms with Gasteiger partial charge in [-0.3, -0.25) is 23.9 Å². The van der Waals surface area contributed by atoms with Crippen molar-refractivity contribution in [3.05, 3.63) is 87.3 Å². The molecule has 1 fully saturated rings. The van der Waals surface area contributed by atoms with Gasteiger partial charge in [0.1, 0.15) is 0 Å². The Bertz CT molecular complexity index is 1470. The maximum absolute atomic E-state index is 13.6. The van der Waals surface area contributed by atoms with Gasteiger partial charge < -0.3 is 5.32 Å². The molecule has 0 radical (unpaired) electrons. The second-order valence-electron chi connectivity index (χ2n) is 9.55. The summed E-state index contributed by atoms with van der Waals surface area (Å²) >= 11 is 6.03. The fraction of sp³-hybridized carbons (Fsp3) is 0.357. The van der Waals surface area contributed by atoms with Crippen LogP contribution in [0.15, 0.2) is 59.7 Å². The van der Waals surface area contributed by atoms with Crippen LogP contribution >= 0.6 is 11.6 Å². The number of pyridine rings is 2. The van der Waals surface area contributed by atoms with E-state index in [0.717, 1.165) is 54.5 Å². The molecule has 4 aromatic rings. The topological polar surface area (TPSA) is 81.8 Å². The molecule has 0 spiro atoms. The van der Waals surface area contributed by atoms with Crippen molar-refractivity contribution in [2.75, 3.05) is 0 Å². The molecule has 1 aromatic carbocycles. The van der Waals surface area contributed by atoms with E-state index in [1.54, 1.807) is 23.0 Å². The summed E-state index contributed by atoms with van der Waals surface area (Å²) in [5, 5.41) is 3.60. The van der Waals surface area contributed by atoms with Gasteiger partial charge in [-0.2, -0.15) is 0 Å². The molecule has 5 rings (SSSR count). The Morgan fingerprint density at radius 1 is 1.08 bits per heavy atom. The van der Waals surface area contributed by atoms with Crippen molar-refractivity contribution in [1.82, 2.24) is 24.4 Å². The van der Waals surface area contributed by atoms with Crippen molar-refractivity contribution in [2.45, 2.75) is 58.5 Å². The standard InChI is InChI=1S/C28H30ClN5O2/c1-3-21-15-23(12-13-30-21)34-26-7-5-4-6-25(26)33(28(34)36)17-19-8-10-22(11-9-19)32-27(35)24-14-20(29)16-31-18(24)2/h4-7,12-16,19,22H,3,8-11,17H2,1-2H3,(H,32,35)/t19-,22-. The highest BCUT2D eigenvalue weighted by molar-refractivity contribution is 6.30. The minimum Gasteiger partial charge on any atom is -0.349 e. The summed E-state index contributed by atoms with van der Waals surface area (Å²) in [4.78, 5) is 35.0. The number of carbonyl (C=O) groups is 1. The van der Waals surface area contributed by atoms with Crippen LogP contribution in [-0.4, -0.2) is 31.1 Å². The predicted molar refractivity (Wildman–Crippen MR) is 142 cm³/mol. The first-order chi connectivity index (χ1) is 17.4. The minimum absolute atomic E-state index is 0.0242. The molecular formula is C28H30ClN5O2. The molecule has 0 aliphatic heterocycles. The Morgan fingerprint density at radius 2 is 1.83 bits per heavy atom. The van der Waals surface area contributed by atoms with Gasteiger partial charge in [-0.15, -0.1) is 0 Å². The number of aromatic nitrogens is 4. The second kappa shape index (κ2) is 10.3. The lowest BCUT2D eigenvalue weighted by Crippen LogP contribution is -2.39. The van der Waals surface area contributed by atoms with Crippen LogP contribution in [0.2, 0.25) is 5.02 Å². The second-order valence-corrected chi connectivity index (χ2v) is 9.99. The summed E-state index contributed by atoms with van der Waals surface area (Å²) in [5.74, 6) is 0.238. The van der Waals surface area contributed by atoms with Crippen LogP contribution < -0.4 is 11.0 Å². The van der Waals surface area contributed by atoms with E-state index in [0.29, 0.717) is 28.7 Å². The van der Waals surface area contributed by atoms with Gasteiger partial charge in [0, 0.05) is 30.7 Å². The van der Waals surface area contributed by atoms with Crippen LogP contribution in [0.3, 0.4) is 0 Å². The van der Waals surface area contributed by atoms with Crippen molar-refractivity contribution in [3.8, 4) is 5.69 Å². The van der Waals surface area contributed by atoms with Crippen molar-refractivity contribution in [3.63, 3.8) is 0 Å². The molecule has 186 valence electrons. The highest BCUT2D eigenvalue weighted by Gasteiger charge is 2.25. The largest absolute Gasteiger partial charge is 0.349 e. The molecular weight excluding hydrogens is 474 g/mol. The lowest BCUT2D eigenvalue weighted by molar-refractivity contribution is 0.0919. The van der Waals surface area contributed by atoms with Crippen LogP contribution in [-0.2, 0) is 13.0 Å². The average Bonchev–Trinajstić information content (AvgIpc) is 3.17. The normalized spacial score (nSPS) is 17.9. The van der Waals surface area contributed by atoms with Gasteiger partial charge in [-0.1, -0.05) is 30.7 Å². The van der Waals surface area contributed by atoms with Crippen LogP contribution in [0.25, 0.3) is 16.7 Å². The van der Waals surface area contributed by atoms with E-state index in [-0.39, 0.29) is 17.6 Å². The molecule has 0 bridgehead atoms. The maximum Gasteiger partial charge on any atom is 0.333 e. The number of imidazole rings is 1. The smallest absolute Gasteiger partial charge is 0.333 e. The number of hydrogen-bond acceptors (Lipinski definition) is 4. The molecule has 0 atom stereocenters. The quantitative estimate of drug-likeness (QED) is 0.397. The SMILES string of the molecule is CCc1cc(-n2c(=O)n(C[C@H]3CC[C@H](NC(=O)c4cc(Cl)cnc4C)CC3)c3ccccc32)ccn1. The third-order valence-electron chi connectivity index (χ3n) is 7.18. The molecule has 1 saturated carbocycles. The van der Waals surface area contributed by atoms with Gasteiger partial charge in [0.05, 0.1) is 33.0 Å². The van der Waals surface area contributed by atoms with E-state index in [1.807, 2.05) is 47.9 Å². The average molecular weight is 504 g/mol. The number of rotatable bonds is 6. The zero-order chi connectivity index (χ0) is 25.2. The van der Waals surface area contributed by atoms with Crippen LogP contribution in [0.1, 0.15) is 54.4 Å². The Kier molecular flexibility index (Phi) is 6.92. The number of benzene rings is 1. The van der Waals surface area contributed by atoms with Crippen LogP contribution in [0, 0.1) is 12.8 Å². The number of hydrogen-bond donors (Lipinski definition) is 1. The highest BCUT2D eigenvalue weighted by atomic mass is 35.5. The minimum atomic E-state index is -0.131. The molecule has 8 heteroatoms. The zero-order valence-electron chi connectivity index (χ0n) is 20.6. The first-order valence-electron chi connectivity index (χ1n) is 12.5. The number of nitrogens with one attached hydrogen (secondary N) is 1. The number of para-hydroxylation sites is 2. The Balaban J connectivity index is 1.31. The fourth-order valence-corrected chi connectivity index (χ4v) is 5.34. The number of nitrogens with zero attached hydrogens (tertiary/aromatic N) is 4. The zero-order valence-corrected chi connectivity index (χ0v) is 21.3. The predicted octanol–water partition coefficient (Wildman–Crippen LogP) is 5.10. The van der Waals surface area contributed by atoms with Gasteiger partial charge in [0.2, 0.25) is 0 Å². The monoisotopic (exact) mass is 503 g/mol. The van der Waals surface area contributed by atoms with E-state index in [9.17, 15) is 9.59 Å². The van der Waals surface area contributed by atoms with Crippen LogP contribution in [0.5, 0.6) is 0 Å². The van der Waals surface area contributed by atoms with Gasteiger partial charge in [0.25, 0.3) is 5.91 Å². The molecule has 1 amide bonds. The number of fused-ring (bicyclic) bond motifs is 1. The highest BCUT2D eigenvalue weighted by Crippen LogP contribution is 2.28. The van der Waals surface area contributed by atoms with Gasteiger partial charge in [-0.05, 0) is 75.3 Å². The van der Waals surface area contributed by atoms with Crippen molar-refractivity contribution < 1.29 is 4.79 Å². The summed E-state index contributed by atoms with van der Waals surface area (Å²) < 4.78 is 3.70. The van der Waals surface area contributed by atoms with E-state index in [2.05, 4.69) is 22.2 Å². The van der Waals surface area contributed by atoms with Gasteiger partial charge >= 0.3 is 5.69 Å². The number of aryl methyl sites for hydroxylation is 2. The third kappa shape index (κ3) is 4.80. The van der Waals surface area contributed by atoms with E-state index in [1.165, 1.54) is 0 Å². The molecule has 3 heterocycles. The van der Waals surface area contributed by atoms with Crippen LogP contribution in [0.4, 0.5) is 0 Å². The lowest BCUT2D eigenvalue weighted by Gasteiger charge is -2.29. The van der Waals surface area contributed by atoms with Crippen molar-refractivity contribution in [2.24, 2.45) is 5.92 Å². The van der Waals surface area contributed by atoms with Gasteiger partial charge in [-0.25, -0.2) is 4.79 Å². The fourth-order valence-electron chi connectivity index (χ4n) is 5.18. The molecule has 1 aliphatic carbocycles. The van der Waals surface area contributed by atoms with E-state index < -0.39 is 0 Å². The molecule has 1 aliphatic rings. The Morgan fingerprint density at radius 3 is 2.58 bits per heavy atom. The molecule has 0 unspecified atom stereocenters. The molecule has 1 N–H and O–H groups in total. The van der Waals surface area contributed by atoms with E-state index >= 15 is 0 Å². The Hall–Kier alpha value is -3.45. The maximum atomic E-state index is 13.6. The first kappa shape index (κ1) is 24.3. The Labute approximate surface area is 215 Å². The number of amides is 1. The summed E-state index contributed by atoms with van der Waals surface area (Å²) in [6.07, 6.45) is 7.77. The summed E-state index contributed by atoms with van der Waals surface area (Å²) in [5.41, 5.74) is 4.81. The summed E-state index contributed by atoms with van der Waals surface area (Å²) in [7, 11) is 0. The van der Waals surface area contributed by atoms with Crippen molar-refractivity contribution >= 4 is 28.5 Å². The molecule has 7 nitrogen and oxygen atoms in total. The third-order valence-corrected chi connectivity index (χ3v) is 7.38. The summed E-state index contributed by atoms with van der Waals surface area (Å²) in [6, 6.07) is 13.6. The van der Waals surface area contributed by atoms with Crippen molar-refractivity contribution in [1.29, 1.82) is 0 Å². The molecule has 3 aromatic heterocycles. The lowest BCUT2D eigenvalue weighted by atomic mass is 9.85. The van der Waals surface area contributed by atoms with Gasteiger partial charge in [0.15, 0.2) is 0 Å². The summed E-state index contributed by atoms with van der Waals surface area (Å²) in [6.45, 7) is 4.53. The molecule has 36 heavy (non-hydrogen) atoms. The number of halogens is 1.